The Hall–Kier alpha value is -1.48. The van der Waals surface area contributed by atoms with E-state index in [0.29, 0.717) is 23.8 Å². The second kappa shape index (κ2) is 6.30. The molecule has 1 saturated carbocycles. The zero-order valence-corrected chi connectivity index (χ0v) is 16.1. The molecular weight excluding hydrogens is 322 g/mol. The zero-order chi connectivity index (χ0) is 17.8. The summed E-state index contributed by atoms with van der Waals surface area (Å²) in [6.07, 6.45) is 8.92. The van der Waals surface area contributed by atoms with Gasteiger partial charge in [-0.25, -0.2) is 0 Å². The lowest BCUT2D eigenvalue weighted by atomic mass is 9.65. The van der Waals surface area contributed by atoms with E-state index in [2.05, 4.69) is 18.7 Å². The number of phenolic OH excluding ortho intramolecular Hbond substituents is 1. The number of phenols is 1. The smallest absolute Gasteiger partial charge is 0.134 e. The Morgan fingerprint density at radius 1 is 1.15 bits per heavy atom. The minimum Gasteiger partial charge on any atom is -0.508 e. The van der Waals surface area contributed by atoms with Crippen LogP contribution in [0.15, 0.2) is 22.6 Å². The number of furan rings is 1. The van der Waals surface area contributed by atoms with Gasteiger partial charge in [-0.2, -0.15) is 0 Å². The number of piperidine rings is 2. The lowest BCUT2D eigenvalue weighted by Crippen LogP contribution is -2.59. The molecule has 0 spiro atoms. The van der Waals surface area contributed by atoms with Crippen molar-refractivity contribution in [1.82, 2.24) is 4.90 Å². The van der Waals surface area contributed by atoms with Gasteiger partial charge in [-0.05, 0) is 62.1 Å². The van der Waals surface area contributed by atoms with Crippen molar-refractivity contribution in [2.75, 3.05) is 6.54 Å². The first-order valence-corrected chi connectivity index (χ1v) is 10.7. The molecule has 4 bridgehead atoms. The second-order valence-electron chi connectivity index (χ2n) is 8.95. The summed E-state index contributed by atoms with van der Waals surface area (Å²) in [6.45, 7) is 5.94. The molecule has 6 rings (SSSR count). The van der Waals surface area contributed by atoms with Crippen molar-refractivity contribution in [3.05, 3.63) is 29.5 Å². The SMILES string of the molecule is CCC[C@@H]1C[C@H]2C[C@H]3c4oc5ccc(O)cc5c4C[C@H](CCC)N(C2)C13. The Kier molecular flexibility index (Phi) is 4.04. The number of nitrogens with zero attached hydrogens (tertiary/aromatic N) is 1. The first kappa shape index (κ1) is 16.7. The summed E-state index contributed by atoms with van der Waals surface area (Å²) in [5.41, 5.74) is 2.36. The van der Waals surface area contributed by atoms with Crippen LogP contribution < -0.4 is 0 Å². The lowest BCUT2D eigenvalue weighted by Gasteiger charge is -2.55. The third-order valence-electron chi connectivity index (χ3n) is 7.30. The summed E-state index contributed by atoms with van der Waals surface area (Å²) in [5.74, 6) is 3.80. The van der Waals surface area contributed by atoms with E-state index in [1.807, 2.05) is 12.1 Å². The predicted octanol–water partition coefficient (Wildman–Crippen LogP) is 5.46. The van der Waals surface area contributed by atoms with Crippen LogP contribution in [0.25, 0.3) is 11.0 Å². The van der Waals surface area contributed by atoms with E-state index in [9.17, 15) is 5.11 Å². The van der Waals surface area contributed by atoms with Crippen molar-refractivity contribution >= 4 is 11.0 Å². The summed E-state index contributed by atoms with van der Waals surface area (Å²) >= 11 is 0. The molecule has 1 N–H and O–H groups in total. The number of hydrogen-bond donors (Lipinski definition) is 1. The van der Waals surface area contributed by atoms with Crippen LogP contribution >= 0.6 is 0 Å². The molecule has 26 heavy (non-hydrogen) atoms. The van der Waals surface area contributed by atoms with Gasteiger partial charge in [0.2, 0.25) is 0 Å². The number of benzene rings is 1. The average molecular weight is 354 g/mol. The molecular formula is C23H31NO2. The quantitative estimate of drug-likeness (QED) is 0.793. The highest BCUT2D eigenvalue weighted by atomic mass is 16.3. The van der Waals surface area contributed by atoms with Gasteiger partial charge in [0, 0.05) is 35.5 Å². The van der Waals surface area contributed by atoms with Crippen molar-refractivity contribution in [1.29, 1.82) is 0 Å². The van der Waals surface area contributed by atoms with Gasteiger partial charge >= 0.3 is 0 Å². The van der Waals surface area contributed by atoms with Crippen LogP contribution in [0.3, 0.4) is 0 Å². The van der Waals surface area contributed by atoms with Crippen LogP contribution in [-0.2, 0) is 6.42 Å². The molecule has 3 fully saturated rings. The maximum atomic E-state index is 10.0. The fourth-order valence-electron chi connectivity index (χ4n) is 6.50. The molecule has 3 aliphatic heterocycles. The van der Waals surface area contributed by atoms with Crippen LogP contribution in [0, 0.1) is 11.8 Å². The van der Waals surface area contributed by atoms with Gasteiger partial charge in [0.1, 0.15) is 17.1 Å². The predicted molar refractivity (Wildman–Crippen MR) is 105 cm³/mol. The Bertz CT molecular complexity index is 810. The number of fused-ring (bicyclic) bond motifs is 4. The van der Waals surface area contributed by atoms with E-state index in [4.69, 9.17) is 4.42 Å². The average Bonchev–Trinajstić information content (AvgIpc) is 2.95. The standard InChI is InChI=1S/C23H31NO2/c1-3-5-15-9-14-10-20-22(15)24(13-14)16(6-4-2)11-19-18-12-17(25)7-8-21(18)26-23(19)20/h7-8,12,14-16,20,22,25H,3-6,9-11,13H2,1-2H3/t14-,15+,16-,20+,22?/m0/s1. The maximum absolute atomic E-state index is 10.0. The molecule has 1 aromatic heterocycles. The summed E-state index contributed by atoms with van der Waals surface area (Å²) < 4.78 is 6.48. The van der Waals surface area contributed by atoms with Gasteiger partial charge in [-0.15, -0.1) is 0 Å². The van der Waals surface area contributed by atoms with Gasteiger partial charge in [-0.3, -0.25) is 4.90 Å². The second-order valence-corrected chi connectivity index (χ2v) is 8.95. The fraction of sp³-hybridized carbons (Fsp3) is 0.652. The summed E-state index contributed by atoms with van der Waals surface area (Å²) in [4.78, 5) is 2.89. The summed E-state index contributed by atoms with van der Waals surface area (Å²) in [5, 5.41) is 11.2. The van der Waals surface area contributed by atoms with Crippen LogP contribution in [0.4, 0.5) is 0 Å². The van der Waals surface area contributed by atoms with E-state index in [-0.39, 0.29) is 0 Å². The number of rotatable bonds is 4. The molecule has 4 heterocycles. The van der Waals surface area contributed by atoms with Crippen molar-refractivity contribution in [2.24, 2.45) is 11.8 Å². The largest absolute Gasteiger partial charge is 0.508 e. The van der Waals surface area contributed by atoms with E-state index in [1.54, 1.807) is 6.07 Å². The Morgan fingerprint density at radius 3 is 2.81 bits per heavy atom. The van der Waals surface area contributed by atoms with Gasteiger partial charge in [0.05, 0.1) is 0 Å². The van der Waals surface area contributed by atoms with Crippen molar-refractivity contribution < 1.29 is 9.52 Å². The Morgan fingerprint density at radius 2 is 2.00 bits per heavy atom. The topological polar surface area (TPSA) is 36.6 Å². The van der Waals surface area contributed by atoms with Crippen molar-refractivity contribution in [3.63, 3.8) is 0 Å². The van der Waals surface area contributed by atoms with Gasteiger partial charge in [0.15, 0.2) is 0 Å². The lowest BCUT2D eigenvalue weighted by molar-refractivity contribution is -0.0458. The third-order valence-corrected chi connectivity index (χ3v) is 7.30. The molecule has 1 aromatic carbocycles. The monoisotopic (exact) mass is 353 g/mol. The Balaban J connectivity index is 1.66. The molecule has 0 amide bonds. The third kappa shape index (κ3) is 2.43. The van der Waals surface area contributed by atoms with Crippen molar-refractivity contribution in [3.8, 4) is 5.75 Å². The molecule has 4 aliphatic rings. The molecule has 6 atom stereocenters. The number of hydrogen-bond acceptors (Lipinski definition) is 3. The molecule has 0 radical (unpaired) electrons. The molecule has 2 saturated heterocycles. The maximum Gasteiger partial charge on any atom is 0.134 e. The van der Waals surface area contributed by atoms with E-state index in [0.717, 1.165) is 29.2 Å². The zero-order valence-electron chi connectivity index (χ0n) is 16.1. The van der Waals surface area contributed by atoms with Gasteiger partial charge in [-0.1, -0.05) is 26.7 Å². The molecule has 3 nitrogen and oxygen atoms in total. The highest BCUT2D eigenvalue weighted by Crippen LogP contribution is 2.53. The van der Waals surface area contributed by atoms with Gasteiger partial charge < -0.3 is 9.52 Å². The van der Waals surface area contributed by atoms with Crippen molar-refractivity contribution in [2.45, 2.75) is 76.8 Å². The van der Waals surface area contributed by atoms with Crippen LogP contribution in [0.1, 0.15) is 69.6 Å². The van der Waals surface area contributed by atoms with Crippen LogP contribution in [-0.4, -0.2) is 28.6 Å². The molecule has 3 heteroatoms. The molecule has 2 unspecified atom stereocenters. The molecule has 140 valence electrons. The first-order chi connectivity index (χ1) is 12.7. The summed E-state index contributed by atoms with van der Waals surface area (Å²) in [6, 6.07) is 6.92. The van der Waals surface area contributed by atoms with Gasteiger partial charge in [0.25, 0.3) is 0 Å². The van der Waals surface area contributed by atoms with E-state index < -0.39 is 0 Å². The van der Waals surface area contributed by atoms with E-state index in [1.165, 1.54) is 56.4 Å². The highest BCUT2D eigenvalue weighted by molar-refractivity contribution is 5.84. The minimum absolute atomic E-state index is 0.353. The minimum atomic E-state index is 0.353. The molecule has 1 aliphatic carbocycles. The Labute approximate surface area is 156 Å². The normalized spacial score (nSPS) is 35.5. The van der Waals surface area contributed by atoms with Crippen LogP contribution in [0.5, 0.6) is 5.75 Å². The van der Waals surface area contributed by atoms with Crippen LogP contribution in [0.2, 0.25) is 0 Å². The highest BCUT2D eigenvalue weighted by Gasteiger charge is 2.52. The first-order valence-electron chi connectivity index (χ1n) is 10.7. The fourth-order valence-corrected chi connectivity index (χ4v) is 6.50. The van der Waals surface area contributed by atoms with E-state index >= 15 is 0 Å². The number of aromatic hydroxyl groups is 1. The molecule has 2 aromatic rings. The summed E-state index contributed by atoms with van der Waals surface area (Å²) in [7, 11) is 0.